The van der Waals surface area contributed by atoms with Crippen molar-refractivity contribution in [2.75, 3.05) is 26.8 Å². The van der Waals surface area contributed by atoms with Crippen molar-refractivity contribution in [1.82, 2.24) is 5.32 Å². The number of non-ortho nitro benzene ring substituents is 1. The van der Waals surface area contributed by atoms with Crippen molar-refractivity contribution in [3.8, 4) is 11.5 Å². The summed E-state index contributed by atoms with van der Waals surface area (Å²) in [5.74, 6) is 0.802. The Bertz CT molecular complexity index is 460. The molecule has 0 aliphatic carbocycles. The molecular formula is C13H18N2O4. The molecule has 0 bridgehead atoms. The van der Waals surface area contributed by atoms with E-state index in [1.165, 1.54) is 25.3 Å². The molecule has 0 unspecified atom stereocenters. The Hall–Kier alpha value is -2.08. The third kappa shape index (κ3) is 4.59. The van der Waals surface area contributed by atoms with Crippen LogP contribution in [0.1, 0.15) is 6.92 Å². The first-order chi connectivity index (χ1) is 9.08. The van der Waals surface area contributed by atoms with Crippen LogP contribution in [-0.2, 0) is 0 Å². The van der Waals surface area contributed by atoms with Crippen LogP contribution in [0.3, 0.4) is 0 Å². The summed E-state index contributed by atoms with van der Waals surface area (Å²) in [5, 5.41) is 13.8. The molecule has 0 aliphatic rings. The predicted octanol–water partition coefficient (Wildman–Crippen LogP) is 2.15. The monoisotopic (exact) mass is 266 g/mol. The Labute approximate surface area is 112 Å². The Morgan fingerprint density at radius 2 is 2.21 bits per heavy atom. The standard InChI is InChI=1S/C13H18N2O4/c1-4-14-8-10(2)9-19-12-6-5-11(15(16)17)7-13(12)18-3/h5-7,14H,2,4,8-9H2,1,3H3. The van der Waals surface area contributed by atoms with E-state index in [1.54, 1.807) is 0 Å². The highest BCUT2D eigenvalue weighted by atomic mass is 16.6. The molecule has 1 rings (SSSR count). The maximum Gasteiger partial charge on any atom is 0.273 e. The maximum absolute atomic E-state index is 10.7. The summed E-state index contributed by atoms with van der Waals surface area (Å²) in [5.41, 5.74) is 0.859. The molecule has 0 saturated carbocycles. The Kier molecular flexibility index (Phi) is 5.81. The summed E-state index contributed by atoms with van der Waals surface area (Å²) >= 11 is 0. The van der Waals surface area contributed by atoms with Gasteiger partial charge in [-0.05, 0) is 18.2 Å². The van der Waals surface area contributed by atoms with Gasteiger partial charge >= 0.3 is 0 Å². The van der Waals surface area contributed by atoms with Crippen LogP contribution in [0.15, 0.2) is 30.4 Å². The summed E-state index contributed by atoms with van der Waals surface area (Å²) in [6.45, 7) is 7.75. The number of hydrogen-bond donors (Lipinski definition) is 1. The van der Waals surface area contributed by atoms with Gasteiger partial charge in [-0.2, -0.15) is 0 Å². The van der Waals surface area contributed by atoms with Crippen LogP contribution < -0.4 is 14.8 Å². The van der Waals surface area contributed by atoms with Gasteiger partial charge in [0.15, 0.2) is 11.5 Å². The molecule has 6 nitrogen and oxygen atoms in total. The molecule has 0 radical (unpaired) electrons. The van der Waals surface area contributed by atoms with E-state index in [0.717, 1.165) is 12.1 Å². The van der Waals surface area contributed by atoms with E-state index in [2.05, 4.69) is 11.9 Å². The van der Waals surface area contributed by atoms with Crippen LogP contribution in [0.5, 0.6) is 11.5 Å². The number of nitrogens with zero attached hydrogens (tertiary/aromatic N) is 1. The van der Waals surface area contributed by atoms with Gasteiger partial charge in [0.2, 0.25) is 0 Å². The van der Waals surface area contributed by atoms with E-state index in [-0.39, 0.29) is 5.69 Å². The number of nitro benzene ring substituents is 1. The van der Waals surface area contributed by atoms with Gasteiger partial charge < -0.3 is 14.8 Å². The van der Waals surface area contributed by atoms with Gasteiger partial charge in [-0.3, -0.25) is 10.1 Å². The number of nitrogens with one attached hydrogen (secondary N) is 1. The van der Waals surface area contributed by atoms with Crippen molar-refractivity contribution < 1.29 is 14.4 Å². The van der Waals surface area contributed by atoms with E-state index >= 15 is 0 Å². The zero-order valence-corrected chi connectivity index (χ0v) is 11.1. The summed E-state index contributed by atoms with van der Waals surface area (Å²) in [7, 11) is 1.44. The predicted molar refractivity (Wildman–Crippen MR) is 72.8 cm³/mol. The molecule has 1 aromatic rings. The second-order valence-corrected chi connectivity index (χ2v) is 3.91. The first kappa shape index (κ1) is 15.0. The van der Waals surface area contributed by atoms with Crippen LogP contribution in [0.4, 0.5) is 5.69 Å². The summed E-state index contributed by atoms with van der Waals surface area (Å²) in [4.78, 5) is 10.2. The van der Waals surface area contributed by atoms with Gasteiger partial charge in [-0.1, -0.05) is 13.5 Å². The largest absolute Gasteiger partial charge is 0.493 e. The molecule has 19 heavy (non-hydrogen) atoms. The lowest BCUT2D eigenvalue weighted by Gasteiger charge is -2.12. The van der Waals surface area contributed by atoms with E-state index in [4.69, 9.17) is 9.47 Å². The Morgan fingerprint density at radius 3 is 2.79 bits per heavy atom. The van der Waals surface area contributed by atoms with Gasteiger partial charge in [0.05, 0.1) is 18.1 Å². The molecule has 1 aromatic carbocycles. The highest BCUT2D eigenvalue weighted by Gasteiger charge is 2.12. The fourth-order valence-corrected chi connectivity index (χ4v) is 1.42. The van der Waals surface area contributed by atoms with Crippen molar-refractivity contribution in [3.63, 3.8) is 0 Å². The Morgan fingerprint density at radius 1 is 1.47 bits per heavy atom. The maximum atomic E-state index is 10.7. The number of nitro groups is 1. The second kappa shape index (κ2) is 7.38. The molecule has 0 spiro atoms. The van der Waals surface area contributed by atoms with Crippen molar-refractivity contribution in [1.29, 1.82) is 0 Å². The zero-order chi connectivity index (χ0) is 14.3. The molecule has 0 atom stereocenters. The first-order valence-corrected chi connectivity index (χ1v) is 5.91. The normalized spacial score (nSPS) is 10.0. The lowest BCUT2D eigenvalue weighted by molar-refractivity contribution is -0.384. The summed E-state index contributed by atoms with van der Waals surface area (Å²) in [6.07, 6.45) is 0. The van der Waals surface area contributed by atoms with Gasteiger partial charge in [-0.25, -0.2) is 0 Å². The molecule has 0 heterocycles. The van der Waals surface area contributed by atoms with Gasteiger partial charge in [0.1, 0.15) is 6.61 Å². The molecule has 0 aromatic heterocycles. The van der Waals surface area contributed by atoms with Crippen molar-refractivity contribution in [2.45, 2.75) is 6.92 Å². The molecule has 0 fully saturated rings. The first-order valence-electron chi connectivity index (χ1n) is 5.91. The minimum absolute atomic E-state index is 0.0318. The van der Waals surface area contributed by atoms with Gasteiger partial charge in [0, 0.05) is 12.6 Å². The molecule has 0 amide bonds. The van der Waals surface area contributed by atoms with E-state index < -0.39 is 4.92 Å². The second-order valence-electron chi connectivity index (χ2n) is 3.91. The number of hydrogen-bond acceptors (Lipinski definition) is 5. The summed E-state index contributed by atoms with van der Waals surface area (Å²) < 4.78 is 10.6. The third-order valence-corrected chi connectivity index (χ3v) is 2.41. The van der Waals surface area contributed by atoms with Gasteiger partial charge in [-0.15, -0.1) is 0 Å². The average molecular weight is 266 g/mol. The van der Waals surface area contributed by atoms with E-state index in [1.807, 2.05) is 6.92 Å². The molecule has 0 saturated heterocycles. The fraction of sp³-hybridized carbons (Fsp3) is 0.385. The van der Waals surface area contributed by atoms with Crippen molar-refractivity contribution in [3.05, 3.63) is 40.5 Å². The van der Waals surface area contributed by atoms with Crippen LogP contribution in [0.2, 0.25) is 0 Å². The number of ether oxygens (including phenoxy) is 2. The number of benzene rings is 1. The van der Waals surface area contributed by atoms with Crippen LogP contribution in [0.25, 0.3) is 0 Å². The van der Waals surface area contributed by atoms with E-state index in [9.17, 15) is 10.1 Å². The summed E-state index contributed by atoms with van der Waals surface area (Å²) in [6, 6.07) is 4.24. The zero-order valence-electron chi connectivity index (χ0n) is 11.1. The molecule has 1 N–H and O–H groups in total. The van der Waals surface area contributed by atoms with Crippen molar-refractivity contribution >= 4 is 5.69 Å². The minimum Gasteiger partial charge on any atom is -0.493 e. The molecular weight excluding hydrogens is 248 g/mol. The highest BCUT2D eigenvalue weighted by Crippen LogP contribution is 2.31. The third-order valence-electron chi connectivity index (χ3n) is 2.41. The SMILES string of the molecule is C=C(CNCC)COc1ccc([N+](=O)[O-])cc1OC. The van der Waals surface area contributed by atoms with Crippen LogP contribution in [-0.4, -0.2) is 31.7 Å². The minimum atomic E-state index is -0.476. The van der Waals surface area contributed by atoms with E-state index in [0.29, 0.717) is 24.7 Å². The van der Waals surface area contributed by atoms with Gasteiger partial charge in [0.25, 0.3) is 5.69 Å². The number of likely N-dealkylation sites (N-methyl/N-ethyl adjacent to an activating group) is 1. The van der Waals surface area contributed by atoms with Crippen LogP contribution in [0, 0.1) is 10.1 Å². The molecule has 104 valence electrons. The van der Waals surface area contributed by atoms with Crippen molar-refractivity contribution in [2.24, 2.45) is 0 Å². The highest BCUT2D eigenvalue weighted by molar-refractivity contribution is 5.48. The average Bonchev–Trinajstić information content (AvgIpc) is 2.42. The smallest absolute Gasteiger partial charge is 0.273 e. The number of methoxy groups -OCH3 is 1. The lowest BCUT2D eigenvalue weighted by atomic mass is 10.2. The molecule has 0 aliphatic heterocycles. The Balaban J connectivity index is 2.68. The lowest BCUT2D eigenvalue weighted by Crippen LogP contribution is -2.18. The fourth-order valence-electron chi connectivity index (χ4n) is 1.42. The number of rotatable bonds is 8. The molecule has 6 heteroatoms. The topological polar surface area (TPSA) is 73.6 Å². The van der Waals surface area contributed by atoms with Crippen LogP contribution >= 0.6 is 0 Å². The quantitative estimate of drug-likeness (QED) is 0.443.